The molecule has 1 aliphatic rings. The molecule has 4 nitrogen and oxygen atoms in total. The van der Waals surface area contributed by atoms with Gasteiger partial charge in [-0.3, -0.25) is 0 Å². The van der Waals surface area contributed by atoms with E-state index in [1.165, 1.54) is 32.1 Å². The number of hydrogen-bond acceptors (Lipinski definition) is 4. The quantitative estimate of drug-likeness (QED) is 0.414. The molecule has 2 aromatic carbocycles. The minimum atomic E-state index is -0.373. The Labute approximate surface area is 163 Å². The largest absolute Gasteiger partial charge is 0.465 e. The summed E-state index contributed by atoms with van der Waals surface area (Å²) in [4.78, 5) is 16.5. The van der Waals surface area contributed by atoms with E-state index < -0.39 is 0 Å². The highest BCUT2D eigenvalue weighted by Gasteiger charge is 2.27. The minimum Gasteiger partial charge on any atom is -0.465 e. The number of nitrogens with zero attached hydrogens (tertiary/aromatic N) is 1. The van der Waals surface area contributed by atoms with Crippen LogP contribution < -0.4 is 0 Å². The van der Waals surface area contributed by atoms with E-state index in [9.17, 15) is 9.18 Å². The molecule has 5 heteroatoms. The summed E-state index contributed by atoms with van der Waals surface area (Å²) < 4.78 is 24.6. The fraction of sp³-hybridized carbons (Fsp3) is 0.304. The van der Waals surface area contributed by atoms with E-state index in [1.807, 2.05) is 6.92 Å². The lowest BCUT2D eigenvalue weighted by molar-refractivity contribution is 0.0601. The van der Waals surface area contributed by atoms with Gasteiger partial charge in [-0.15, -0.1) is 0 Å². The van der Waals surface area contributed by atoms with Gasteiger partial charge in [0, 0.05) is 16.9 Å². The molecule has 1 fully saturated rings. The van der Waals surface area contributed by atoms with Crippen LogP contribution in [0.5, 0.6) is 0 Å². The standard InChI is InChI=1S/C23H22FNO3/c1-14-19-13-17(24)9-12-20(19)28-22(14)21(15-5-3-4-6-15)25-18-10-7-16(8-11-18)23(26)27-2/h7-13,15H,3-6H2,1-2H3. The van der Waals surface area contributed by atoms with Gasteiger partial charge >= 0.3 is 5.97 Å². The van der Waals surface area contributed by atoms with E-state index in [0.29, 0.717) is 17.1 Å². The molecule has 0 unspecified atom stereocenters. The average molecular weight is 379 g/mol. The second-order valence-corrected chi connectivity index (χ2v) is 7.21. The number of fused-ring (bicyclic) bond motifs is 1. The molecule has 0 bridgehead atoms. The molecular formula is C23H22FNO3. The number of methoxy groups -OCH3 is 1. The first-order valence-electron chi connectivity index (χ1n) is 9.53. The third-order valence-electron chi connectivity index (χ3n) is 5.41. The Morgan fingerprint density at radius 3 is 2.54 bits per heavy atom. The van der Waals surface area contributed by atoms with E-state index in [1.54, 1.807) is 30.3 Å². The molecule has 0 radical (unpaired) electrons. The molecule has 1 aromatic heterocycles. The smallest absolute Gasteiger partial charge is 0.337 e. The average Bonchev–Trinajstić information content (AvgIpc) is 3.35. The van der Waals surface area contributed by atoms with Crippen LogP contribution in [-0.4, -0.2) is 18.8 Å². The van der Waals surface area contributed by atoms with Crippen LogP contribution in [0.25, 0.3) is 11.0 Å². The molecule has 4 rings (SSSR count). The van der Waals surface area contributed by atoms with Crippen molar-refractivity contribution in [1.82, 2.24) is 0 Å². The Bertz CT molecular complexity index is 1040. The van der Waals surface area contributed by atoms with Crippen molar-refractivity contribution in [2.45, 2.75) is 32.6 Å². The zero-order valence-electron chi connectivity index (χ0n) is 16.0. The Morgan fingerprint density at radius 1 is 1.14 bits per heavy atom. The number of carbonyl (C=O) groups is 1. The number of ether oxygens (including phenoxy) is 1. The van der Waals surface area contributed by atoms with Crippen LogP contribution >= 0.6 is 0 Å². The van der Waals surface area contributed by atoms with E-state index >= 15 is 0 Å². The van der Waals surface area contributed by atoms with Gasteiger partial charge in [-0.1, -0.05) is 12.8 Å². The van der Waals surface area contributed by atoms with Gasteiger partial charge in [0.2, 0.25) is 0 Å². The molecule has 0 N–H and O–H groups in total. The van der Waals surface area contributed by atoms with Gasteiger partial charge in [0.05, 0.1) is 24.1 Å². The number of hydrogen-bond donors (Lipinski definition) is 0. The van der Waals surface area contributed by atoms with Crippen molar-refractivity contribution in [3.8, 4) is 0 Å². The highest BCUT2D eigenvalue weighted by molar-refractivity contribution is 6.06. The van der Waals surface area contributed by atoms with Crippen LogP contribution in [0.2, 0.25) is 0 Å². The maximum atomic E-state index is 13.7. The van der Waals surface area contributed by atoms with Gasteiger partial charge in [-0.05, 0) is 62.2 Å². The second kappa shape index (κ2) is 7.58. The lowest BCUT2D eigenvalue weighted by atomic mass is 9.96. The molecule has 0 saturated heterocycles. The molecule has 1 aliphatic carbocycles. The van der Waals surface area contributed by atoms with Gasteiger partial charge in [-0.25, -0.2) is 14.2 Å². The molecular weight excluding hydrogens is 357 g/mol. The number of furan rings is 1. The van der Waals surface area contributed by atoms with Crippen molar-refractivity contribution in [2.24, 2.45) is 10.9 Å². The van der Waals surface area contributed by atoms with E-state index in [4.69, 9.17) is 14.1 Å². The van der Waals surface area contributed by atoms with Crippen LogP contribution in [-0.2, 0) is 4.74 Å². The molecule has 0 amide bonds. The van der Waals surface area contributed by atoms with Crippen LogP contribution in [0.3, 0.4) is 0 Å². The second-order valence-electron chi connectivity index (χ2n) is 7.21. The lowest BCUT2D eigenvalue weighted by Crippen LogP contribution is -2.12. The molecule has 0 atom stereocenters. The molecule has 1 saturated carbocycles. The summed E-state index contributed by atoms with van der Waals surface area (Å²) in [6, 6.07) is 11.6. The van der Waals surface area contributed by atoms with E-state index in [0.717, 1.165) is 41.0 Å². The maximum absolute atomic E-state index is 13.7. The van der Waals surface area contributed by atoms with Crippen molar-refractivity contribution in [1.29, 1.82) is 0 Å². The normalized spacial score (nSPS) is 15.3. The number of carbonyl (C=O) groups excluding carboxylic acids is 1. The summed E-state index contributed by atoms with van der Waals surface area (Å²) in [6.45, 7) is 1.95. The molecule has 3 aromatic rings. The molecule has 0 spiro atoms. The third-order valence-corrected chi connectivity index (χ3v) is 5.41. The summed E-state index contributed by atoms with van der Waals surface area (Å²) in [7, 11) is 1.36. The first-order chi connectivity index (χ1) is 13.6. The van der Waals surface area contributed by atoms with Gasteiger partial charge in [0.15, 0.2) is 5.76 Å². The number of halogens is 1. The summed E-state index contributed by atoms with van der Waals surface area (Å²) in [5.41, 5.74) is 3.71. The Kier molecular flexibility index (Phi) is 4.99. The number of esters is 1. The predicted octanol–water partition coefficient (Wildman–Crippen LogP) is 5.98. The SMILES string of the molecule is COC(=O)c1ccc(N=C(c2oc3ccc(F)cc3c2C)C2CCCC2)cc1. The van der Waals surface area contributed by atoms with Crippen molar-refractivity contribution in [3.05, 3.63) is 65.2 Å². The topological polar surface area (TPSA) is 51.8 Å². The Morgan fingerprint density at radius 2 is 1.86 bits per heavy atom. The summed E-state index contributed by atoms with van der Waals surface area (Å²) in [5, 5.41) is 0.779. The first-order valence-corrected chi connectivity index (χ1v) is 9.53. The fourth-order valence-electron chi connectivity index (χ4n) is 3.89. The fourth-order valence-corrected chi connectivity index (χ4v) is 3.89. The van der Waals surface area contributed by atoms with E-state index in [-0.39, 0.29) is 11.8 Å². The summed E-state index contributed by atoms with van der Waals surface area (Å²) in [6.07, 6.45) is 4.45. The van der Waals surface area contributed by atoms with Gasteiger partial charge in [-0.2, -0.15) is 0 Å². The zero-order chi connectivity index (χ0) is 19.7. The monoisotopic (exact) mass is 379 g/mol. The lowest BCUT2D eigenvalue weighted by Gasteiger charge is -2.12. The zero-order valence-corrected chi connectivity index (χ0v) is 16.0. The predicted molar refractivity (Wildman–Crippen MR) is 107 cm³/mol. The van der Waals surface area contributed by atoms with Crippen molar-refractivity contribution < 1.29 is 18.3 Å². The minimum absolute atomic E-state index is 0.277. The van der Waals surface area contributed by atoms with Crippen LogP contribution in [0.1, 0.15) is 47.4 Å². The van der Waals surface area contributed by atoms with E-state index in [2.05, 4.69) is 0 Å². The van der Waals surface area contributed by atoms with Gasteiger partial charge < -0.3 is 9.15 Å². The van der Waals surface area contributed by atoms with Crippen molar-refractivity contribution in [2.75, 3.05) is 7.11 Å². The number of aliphatic imine (C=N–C) groups is 1. The highest BCUT2D eigenvalue weighted by Crippen LogP contribution is 2.35. The van der Waals surface area contributed by atoms with Crippen LogP contribution in [0.15, 0.2) is 51.9 Å². The van der Waals surface area contributed by atoms with Crippen molar-refractivity contribution >= 4 is 28.3 Å². The van der Waals surface area contributed by atoms with Gasteiger partial charge in [0.1, 0.15) is 11.4 Å². The van der Waals surface area contributed by atoms with Crippen molar-refractivity contribution in [3.63, 3.8) is 0 Å². The maximum Gasteiger partial charge on any atom is 0.337 e. The Balaban J connectivity index is 1.79. The molecule has 1 heterocycles. The third kappa shape index (κ3) is 3.44. The first kappa shape index (κ1) is 18.4. The number of rotatable bonds is 4. The number of aryl methyl sites for hydroxylation is 1. The summed E-state index contributed by atoms with van der Waals surface area (Å²) >= 11 is 0. The Hall–Kier alpha value is -2.95. The molecule has 28 heavy (non-hydrogen) atoms. The highest BCUT2D eigenvalue weighted by atomic mass is 19.1. The van der Waals surface area contributed by atoms with Crippen LogP contribution in [0, 0.1) is 18.7 Å². The van der Waals surface area contributed by atoms with Crippen LogP contribution in [0.4, 0.5) is 10.1 Å². The van der Waals surface area contributed by atoms with Gasteiger partial charge in [0.25, 0.3) is 0 Å². The summed E-state index contributed by atoms with van der Waals surface area (Å²) in [5.74, 6) is 0.386. The molecule has 0 aliphatic heterocycles. The molecule has 144 valence electrons. The number of benzene rings is 2.